The molecular weight excluding hydrogens is 279 g/mol. The Morgan fingerprint density at radius 3 is 2.14 bits per heavy atom. The van der Waals surface area contributed by atoms with Gasteiger partial charge in [-0.25, -0.2) is 4.39 Å². The Kier molecular flexibility index (Phi) is 8.64. The first kappa shape index (κ1) is 18.5. The van der Waals surface area contributed by atoms with E-state index in [9.17, 15) is 4.39 Å². The first-order chi connectivity index (χ1) is 10.7. The first-order valence-corrected chi connectivity index (χ1v) is 8.37. The Labute approximate surface area is 134 Å². The number of allylic oxidation sites excluding steroid dienone is 2. The van der Waals surface area contributed by atoms with Gasteiger partial charge in [0.2, 0.25) is 0 Å². The van der Waals surface area contributed by atoms with E-state index in [2.05, 4.69) is 19.9 Å². The molecule has 1 rings (SSSR count). The van der Waals surface area contributed by atoms with E-state index in [1.807, 2.05) is 26.0 Å². The van der Waals surface area contributed by atoms with Crippen molar-refractivity contribution in [2.45, 2.75) is 59.3 Å². The summed E-state index contributed by atoms with van der Waals surface area (Å²) in [6.07, 6.45) is 7.62. The highest BCUT2D eigenvalue weighted by Gasteiger charge is 2.18. The fourth-order valence-corrected chi connectivity index (χ4v) is 2.33. The van der Waals surface area contributed by atoms with Gasteiger partial charge in [0.25, 0.3) is 0 Å². The molecule has 1 aromatic carbocycles. The molecule has 124 valence electrons. The number of halogens is 1. The van der Waals surface area contributed by atoms with Gasteiger partial charge in [0.15, 0.2) is 11.5 Å². The van der Waals surface area contributed by atoms with Crippen molar-refractivity contribution in [1.82, 2.24) is 0 Å². The standard InChI is InChI=1S/C19H29FO2/c1-5-9-10-15(8-4)16-13-18(21-11-6-2)19(14-17(16)20)22-12-7-3/h5,9,13-15H,6-8,10-12H2,1-4H3/b9-5-. The first-order valence-electron chi connectivity index (χ1n) is 8.37. The minimum absolute atomic E-state index is 0.167. The molecule has 0 aromatic heterocycles. The molecular formula is C19H29FO2. The van der Waals surface area contributed by atoms with Gasteiger partial charge in [-0.1, -0.05) is 32.9 Å². The minimum Gasteiger partial charge on any atom is -0.490 e. The summed E-state index contributed by atoms with van der Waals surface area (Å²) < 4.78 is 25.9. The molecule has 0 bridgehead atoms. The highest BCUT2D eigenvalue weighted by atomic mass is 19.1. The van der Waals surface area contributed by atoms with Crippen LogP contribution in [-0.2, 0) is 0 Å². The van der Waals surface area contributed by atoms with Crippen LogP contribution in [0, 0.1) is 5.82 Å². The van der Waals surface area contributed by atoms with E-state index in [0.29, 0.717) is 24.7 Å². The van der Waals surface area contributed by atoms with Crippen molar-refractivity contribution in [3.8, 4) is 11.5 Å². The molecule has 3 heteroatoms. The van der Waals surface area contributed by atoms with Crippen LogP contribution in [0.2, 0.25) is 0 Å². The Morgan fingerprint density at radius 1 is 1.05 bits per heavy atom. The lowest BCUT2D eigenvalue weighted by Crippen LogP contribution is -2.06. The Bertz CT molecular complexity index is 469. The van der Waals surface area contributed by atoms with Crippen LogP contribution < -0.4 is 9.47 Å². The molecule has 1 aromatic rings. The molecule has 0 saturated carbocycles. The third-order valence-electron chi connectivity index (χ3n) is 3.58. The number of ether oxygens (including phenoxy) is 2. The maximum Gasteiger partial charge on any atom is 0.164 e. The van der Waals surface area contributed by atoms with E-state index in [-0.39, 0.29) is 11.7 Å². The normalized spacial score (nSPS) is 12.6. The molecule has 0 fully saturated rings. The van der Waals surface area contributed by atoms with E-state index in [0.717, 1.165) is 31.2 Å². The average molecular weight is 308 g/mol. The molecule has 0 aliphatic rings. The number of benzene rings is 1. The van der Waals surface area contributed by atoms with Gasteiger partial charge in [0.1, 0.15) is 5.82 Å². The highest BCUT2D eigenvalue weighted by Crippen LogP contribution is 2.36. The molecule has 0 amide bonds. The second-order valence-corrected chi connectivity index (χ2v) is 5.43. The van der Waals surface area contributed by atoms with Gasteiger partial charge in [0.05, 0.1) is 13.2 Å². The second-order valence-electron chi connectivity index (χ2n) is 5.43. The predicted octanol–water partition coefficient (Wildman–Crippen LogP) is 5.86. The van der Waals surface area contributed by atoms with Gasteiger partial charge < -0.3 is 9.47 Å². The van der Waals surface area contributed by atoms with Crippen LogP contribution in [0.3, 0.4) is 0 Å². The van der Waals surface area contributed by atoms with Crippen molar-refractivity contribution >= 4 is 0 Å². The zero-order chi connectivity index (χ0) is 16.4. The van der Waals surface area contributed by atoms with Crippen molar-refractivity contribution in [3.63, 3.8) is 0 Å². The van der Waals surface area contributed by atoms with Gasteiger partial charge in [-0.2, -0.15) is 0 Å². The van der Waals surface area contributed by atoms with E-state index in [4.69, 9.17) is 9.47 Å². The summed E-state index contributed by atoms with van der Waals surface area (Å²) in [5, 5.41) is 0. The van der Waals surface area contributed by atoms with Crippen molar-refractivity contribution in [3.05, 3.63) is 35.7 Å². The Hall–Kier alpha value is -1.51. The molecule has 0 spiro atoms. The van der Waals surface area contributed by atoms with Gasteiger partial charge in [-0.05, 0) is 50.2 Å². The summed E-state index contributed by atoms with van der Waals surface area (Å²) in [5.74, 6) is 1.13. The summed E-state index contributed by atoms with van der Waals surface area (Å²) in [6, 6.07) is 3.31. The largest absolute Gasteiger partial charge is 0.490 e. The monoisotopic (exact) mass is 308 g/mol. The maximum atomic E-state index is 14.5. The van der Waals surface area contributed by atoms with Crippen molar-refractivity contribution in [2.75, 3.05) is 13.2 Å². The average Bonchev–Trinajstić information content (AvgIpc) is 2.53. The molecule has 0 saturated heterocycles. The lowest BCUT2D eigenvalue weighted by molar-refractivity contribution is 0.266. The number of hydrogen-bond donors (Lipinski definition) is 0. The van der Waals surface area contributed by atoms with Crippen LogP contribution in [0.1, 0.15) is 64.9 Å². The van der Waals surface area contributed by atoms with Crippen molar-refractivity contribution in [2.24, 2.45) is 0 Å². The Morgan fingerprint density at radius 2 is 1.64 bits per heavy atom. The quantitative estimate of drug-likeness (QED) is 0.504. The predicted molar refractivity (Wildman–Crippen MR) is 90.4 cm³/mol. The van der Waals surface area contributed by atoms with Crippen LogP contribution in [0.25, 0.3) is 0 Å². The van der Waals surface area contributed by atoms with Crippen LogP contribution in [0.15, 0.2) is 24.3 Å². The van der Waals surface area contributed by atoms with Crippen LogP contribution in [-0.4, -0.2) is 13.2 Å². The lowest BCUT2D eigenvalue weighted by atomic mass is 9.92. The highest BCUT2D eigenvalue weighted by molar-refractivity contribution is 5.45. The van der Waals surface area contributed by atoms with Gasteiger partial charge >= 0.3 is 0 Å². The lowest BCUT2D eigenvalue weighted by Gasteiger charge is -2.18. The van der Waals surface area contributed by atoms with Crippen molar-refractivity contribution < 1.29 is 13.9 Å². The molecule has 2 nitrogen and oxygen atoms in total. The maximum absolute atomic E-state index is 14.5. The molecule has 0 N–H and O–H groups in total. The summed E-state index contributed by atoms with van der Waals surface area (Å²) in [6.45, 7) is 9.33. The molecule has 22 heavy (non-hydrogen) atoms. The third kappa shape index (κ3) is 5.36. The number of rotatable bonds is 10. The van der Waals surface area contributed by atoms with E-state index >= 15 is 0 Å². The zero-order valence-electron chi connectivity index (χ0n) is 14.3. The molecule has 1 atom stereocenters. The fraction of sp³-hybridized carbons (Fsp3) is 0.579. The van der Waals surface area contributed by atoms with Crippen molar-refractivity contribution in [1.29, 1.82) is 0 Å². The van der Waals surface area contributed by atoms with E-state index in [1.165, 1.54) is 6.07 Å². The summed E-state index contributed by atoms with van der Waals surface area (Å²) in [4.78, 5) is 0. The molecule has 0 radical (unpaired) electrons. The third-order valence-corrected chi connectivity index (χ3v) is 3.58. The topological polar surface area (TPSA) is 18.5 Å². The molecule has 0 aliphatic carbocycles. The summed E-state index contributed by atoms with van der Waals surface area (Å²) in [7, 11) is 0. The molecule has 0 heterocycles. The SMILES string of the molecule is C/C=C\CC(CC)c1cc(OCCC)c(OCCC)cc1F. The van der Waals surface area contributed by atoms with Gasteiger partial charge in [-0.3, -0.25) is 0 Å². The molecule has 0 aliphatic heterocycles. The van der Waals surface area contributed by atoms with E-state index in [1.54, 1.807) is 0 Å². The smallest absolute Gasteiger partial charge is 0.164 e. The number of hydrogen-bond acceptors (Lipinski definition) is 2. The summed E-state index contributed by atoms with van der Waals surface area (Å²) >= 11 is 0. The zero-order valence-corrected chi connectivity index (χ0v) is 14.3. The minimum atomic E-state index is -0.202. The van der Waals surface area contributed by atoms with Crippen LogP contribution in [0.5, 0.6) is 11.5 Å². The van der Waals surface area contributed by atoms with E-state index < -0.39 is 0 Å². The molecule has 1 unspecified atom stereocenters. The fourth-order valence-electron chi connectivity index (χ4n) is 2.33. The Balaban J connectivity index is 3.11. The second kappa shape index (κ2) is 10.3. The van der Waals surface area contributed by atoms with Crippen LogP contribution in [0.4, 0.5) is 4.39 Å². The van der Waals surface area contributed by atoms with Crippen LogP contribution >= 0.6 is 0 Å². The van der Waals surface area contributed by atoms with Gasteiger partial charge in [-0.15, -0.1) is 0 Å². The van der Waals surface area contributed by atoms with Gasteiger partial charge in [0, 0.05) is 6.07 Å². The summed E-state index contributed by atoms with van der Waals surface area (Å²) in [5.41, 5.74) is 0.718.